The molecule has 1 aromatic carbocycles. The van der Waals surface area contributed by atoms with Gasteiger partial charge in [0.25, 0.3) is 5.91 Å². The van der Waals surface area contributed by atoms with Gasteiger partial charge in [-0.05, 0) is 53.5 Å². The highest BCUT2D eigenvalue weighted by atomic mass is 79.9. The predicted molar refractivity (Wildman–Crippen MR) is 90.7 cm³/mol. The van der Waals surface area contributed by atoms with E-state index in [1.807, 2.05) is 35.2 Å². The molecule has 21 heavy (non-hydrogen) atoms. The number of amides is 1. The van der Waals surface area contributed by atoms with Crippen molar-refractivity contribution < 1.29 is 4.79 Å². The topological polar surface area (TPSA) is 32.3 Å². The van der Waals surface area contributed by atoms with Crippen LogP contribution in [-0.2, 0) is 0 Å². The SMILES string of the molecule is CC[C@H](C)N1C(=O)c2ccccc2N[C@H]1c1ccc(Br)s1. The van der Waals surface area contributed by atoms with Gasteiger partial charge in [0.15, 0.2) is 0 Å². The fraction of sp³-hybridized carbons (Fsp3) is 0.312. The van der Waals surface area contributed by atoms with Crippen molar-refractivity contribution in [3.8, 4) is 0 Å². The minimum atomic E-state index is -0.0985. The third kappa shape index (κ3) is 2.60. The molecule has 1 N–H and O–H groups in total. The number of para-hydroxylation sites is 1. The lowest BCUT2D eigenvalue weighted by Crippen LogP contribution is -2.47. The fourth-order valence-corrected chi connectivity index (χ4v) is 4.08. The zero-order valence-corrected chi connectivity index (χ0v) is 14.4. The minimum Gasteiger partial charge on any atom is -0.360 e. The Labute approximate surface area is 137 Å². The van der Waals surface area contributed by atoms with Crippen LogP contribution in [0.15, 0.2) is 40.2 Å². The molecule has 0 saturated carbocycles. The number of nitrogens with zero attached hydrogens (tertiary/aromatic N) is 1. The van der Waals surface area contributed by atoms with Crippen LogP contribution in [0.3, 0.4) is 0 Å². The summed E-state index contributed by atoms with van der Waals surface area (Å²) in [5.74, 6) is 0.105. The van der Waals surface area contributed by atoms with Crippen molar-refractivity contribution in [2.24, 2.45) is 0 Å². The van der Waals surface area contributed by atoms with Crippen LogP contribution in [0.4, 0.5) is 5.69 Å². The van der Waals surface area contributed by atoms with Crippen molar-refractivity contribution in [2.45, 2.75) is 32.5 Å². The van der Waals surface area contributed by atoms with Gasteiger partial charge in [-0.3, -0.25) is 4.79 Å². The van der Waals surface area contributed by atoms with Crippen LogP contribution in [-0.4, -0.2) is 16.8 Å². The molecule has 0 saturated heterocycles. The third-order valence-electron chi connectivity index (χ3n) is 3.89. The van der Waals surface area contributed by atoms with Crippen molar-refractivity contribution in [3.63, 3.8) is 0 Å². The van der Waals surface area contributed by atoms with Gasteiger partial charge in [0, 0.05) is 16.6 Å². The maximum absolute atomic E-state index is 12.9. The first kappa shape index (κ1) is 14.6. The molecule has 0 radical (unpaired) electrons. The summed E-state index contributed by atoms with van der Waals surface area (Å²) in [5, 5.41) is 3.52. The van der Waals surface area contributed by atoms with E-state index in [9.17, 15) is 4.79 Å². The van der Waals surface area contributed by atoms with Crippen molar-refractivity contribution in [1.82, 2.24) is 4.90 Å². The number of nitrogens with one attached hydrogen (secondary N) is 1. The molecule has 110 valence electrons. The normalized spacial score (nSPS) is 19.1. The van der Waals surface area contributed by atoms with E-state index in [-0.39, 0.29) is 18.1 Å². The number of hydrogen-bond acceptors (Lipinski definition) is 3. The Bertz CT molecular complexity index is 670. The maximum Gasteiger partial charge on any atom is 0.258 e. The van der Waals surface area contributed by atoms with Crippen molar-refractivity contribution in [1.29, 1.82) is 0 Å². The Kier molecular flexibility index (Phi) is 4.04. The van der Waals surface area contributed by atoms with Gasteiger partial charge >= 0.3 is 0 Å². The lowest BCUT2D eigenvalue weighted by Gasteiger charge is -2.40. The van der Waals surface area contributed by atoms with Gasteiger partial charge in [0.1, 0.15) is 6.17 Å². The van der Waals surface area contributed by atoms with Gasteiger partial charge in [-0.1, -0.05) is 19.1 Å². The maximum atomic E-state index is 12.9. The van der Waals surface area contributed by atoms with Crippen LogP contribution in [0.5, 0.6) is 0 Å². The van der Waals surface area contributed by atoms with E-state index in [4.69, 9.17) is 0 Å². The largest absolute Gasteiger partial charge is 0.360 e. The first-order valence-electron chi connectivity index (χ1n) is 7.05. The first-order chi connectivity index (χ1) is 10.1. The Balaban J connectivity index is 2.07. The van der Waals surface area contributed by atoms with E-state index in [1.165, 1.54) is 0 Å². The minimum absolute atomic E-state index is 0.0985. The summed E-state index contributed by atoms with van der Waals surface area (Å²) in [6, 6.07) is 12.0. The number of rotatable bonds is 3. The number of carbonyl (C=O) groups excluding carboxylic acids is 1. The number of thiophene rings is 1. The molecule has 0 bridgehead atoms. The van der Waals surface area contributed by atoms with Crippen molar-refractivity contribution >= 4 is 38.9 Å². The lowest BCUT2D eigenvalue weighted by molar-refractivity contribution is 0.0597. The number of hydrogen-bond donors (Lipinski definition) is 1. The van der Waals surface area contributed by atoms with E-state index in [2.05, 4.69) is 41.2 Å². The summed E-state index contributed by atoms with van der Waals surface area (Å²) in [5.41, 5.74) is 1.67. The second-order valence-electron chi connectivity index (χ2n) is 5.20. The number of fused-ring (bicyclic) bond motifs is 1. The van der Waals surface area contributed by atoms with Gasteiger partial charge in [0.2, 0.25) is 0 Å². The molecule has 2 heterocycles. The Hall–Kier alpha value is -1.33. The van der Waals surface area contributed by atoms with E-state index < -0.39 is 0 Å². The Morgan fingerprint density at radius 3 is 2.76 bits per heavy atom. The molecule has 0 aliphatic carbocycles. The molecule has 3 nitrogen and oxygen atoms in total. The van der Waals surface area contributed by atoms with Crippen LogP contribution < -0.4 is 5.32 Å². The van der Waals surface area contributed by atoms with Crippen LogP contribution in [0.2, 0.25) is 0 Å². The molecule has 1 aliphatic heterocycles. The quantitative estimate of drug-likeness (QED) is 0.841. The molecule has 3 rings (SSSR count). The van der Waals surface area contributed by atoms with Crippen LogP contribution in [0, 0.1) is 0 Å². The molecule has 1 amide bonds. The van der Waals surface area contributed by atoms with Gasteiger partial charge in [0.05, 0.1) is 9.35 Å². The van der Waals surface area contributed by atoms with E-state index in [0.29, 0.717) is 0 Å². The molecular formula is C16H17BrN2OS. The highest BCUT2D eigenvalue weighted by Crippen LogP contribution is 2.38. The number of halogens is 1. The molecule has 0 spiro atoms. The van der Waals surface area contributed by atoms with E-state index in [0.717, 1.165) is 26.3 Å². The van der Waals surface area contributed by atoms with Gasteiger partial charge in [-0.15, -0.1) is 11.3 Å². The average molecular weight is 365 g/mol. The molecule has 1 aromatic heterocycles. The Morgan fingerprint density at radius 1 is 1.33 bits per heavy atom. The van der Waals surface area contributed by atoms with Crippen LogP contribution in [0.25, 0.3) is 0 Å². The average Bonchev–Trinajstić information content (AvgIpc) is 2.93. The summed E-state index contributed by atoms with van der Waals surface area (Å²) < 4.78 is 1.08. The molecule has 1 aliphatic rings. The summed E-state index contributed by atoms with van der Waals surface area (Å²) in [6.45, 7) is 4.21. The molecular weight excluding hydrogens is 348 g/mol. The molecule has 2 aromatic rings. The first-order valence-corrected chi connectivity index (χ1v) is 8.66. The molecule has 0 fully saturated rings. The highest BCUT2D eigenvalue weighted by Gasteiger charge is 2.35. The molecule has 2 atom stereocenters. The van der Waals surface area contributed by atoms with Crippen LogP contribution in [0.1, 0.15) is 41.7 Å². The summed E-state index contributed by atoms with van der Waals surface area (Å²) in [4.78, 5) is 16.0. The van der Waals surface area contributed by atoms with Crippen LogP contribution >= 0.6 is 27.3 Å². The zero-order valence-electron chi connectivity index (χ0n) is 12.0. The van der Waals surface area contributed by atoms with Gasteiger partial charge < -0.3 is 10.2 Å². The number of carbonyl (C=O) groups is 1. The fourth-order valence-electron chi connectivity index (χ4n) is 2.60. The summed E-state index contributed by atoms with van der Waals surface area (Å²) >= 11 is 5.17. The smallest absolute Gasteiger partial charge is 0.258 e. The number of benzene rings is 1. The lowest BCUT2D eigenvalue weighted by atomic mass is 10.0. The van der Waals surface area contributed by atoms with E-state index >= 15 is 0 Å². The zero-order chi connectivity index (χ0) is 15.0. The predicted octanol–water partition coefficient (Wildman–Crippen LogP) is 4.88. The molecule has 5 heteroatoms. The van der Waals surface area contributed by atoms with Gasteiger partial charge in [-0.25, -0.2) is 0 Å². The van der Waals surface area contributed by atoms with Crippen molar-refractivity contribution in [3.05, 3.63) is 50.6 Å². The van der Waals surface area contributed by atoms with Gasteiger partial charge in [-0.2, -0.15) is 0 Å². The Morgan fingerprint density at radius 2 is 2.10 bits per heavy atom. The standard InChI is InChI=1S/C16H17BrN2OS/c1-3-10(2)19-15(13-8-9-14(17)21-13)18-12-7-5-4-6-11(12)16(19)20/h4-10,15,18H,3H2,1-2H3/t10-,15+/m0/s1. The van der Waals surface area contributed by atoms with E-state index in [1.54, 1.807) is 11.3 Å². The summed E-state index contributed by atoms with van der Waals surface area (Å²) in [6.07, 6.45) is 0.831. The second kappa shape index (κ2) is 5.81. The highest BCUT2D eigenvalue weighted by molar-refractivity contribution is 9.11. The van der Waals surface area contributed by atoms with Crippen molar-refractivity contribution in [2.75, 3.05) is 5.32 Å². The summed E-state index contributed by atoms with van der Waals surface area (Å²) in [7, 11) is 0. The third-order valence-corrected chi connectivity index (χ3v) is 5.57. The molecule has 0 unspecified atom stereocenters. The second-order valence-corrected chi connectivity index (χ2v) is 7.70. The monoisotopic (exact) mass is 364 g/mol. The number of anilines is 1.